The lowest BCUT2D eigenvalue weighted by molar-refractivity contribution is -0.134. The van der Waals surface area contributed by atoms with Crippen LogP contribution in [0.3, 0.4) is 0 Å². The molecule has 2 amide bonds. The standard InChI is InChI=1S/C24H32N4O2/c29-22(19-6-2-1-3-7-19)27-12-9-24(10-13-27)18-20(24)23(30)28-16-14-26(15-17-28)21-8-4-5-11-25-21/h4-6,8,11,20H,1-3,7,9-10,12-18H2/t20-/m1/s1. The number of likely N-dealkylation sites (tertiary alicyclic amines) is 1. The van der Waals surface area contributed by atoms with E-state index in [1.54, 1.807) is 0 Å². The van der Waals surface area contributed by atoms with Crippen LogP contribution in [0.4, 0.5) is 5.82 Å². The van der Waals surface area contributed by atoms with Gasteiger partial charge in [0.2, 0.25) is 11.8 Å². The number of rotatable bonds is 3. The van der Waals surface area contributed by atoms with Crippen LogP contribution in [0.2, 0.25) is 0 Å². The molecule has 2 aliphatic heterocycles. The van der Waals surface area contributed by atoms with E-state index >= 15 is 0 Å². The fourth-order valence-corrected chi connectivity index (χ4v) is 5.56. The van der Waals surface area contributed by atoms with E-state index in [0.717, 1.165) is 89.2 Å². The Hall–Kier alpha value is -2.37. The molecule has 0 N–H and O–H groups in total. The maximum atomic E-state index is 13.1. The van der Waals surface area contributed by atoms with Crippen molar-refractivity contribution in [2.24, 2.45) is 11.3 Å². The van der Waals surface area contributed by atoms with Gasteiger partial charge in [0.15, 0.2) is 0 Å². The molecule has 3 fully saturated rings. The fourth-order valence-electron chi connectivity index (χ4n) is 5.56. The van der Waals surface area contributed by atoms with Crippen LogP contribution >= 0.6 is 0 Å². The monoisotopic (exact) mass is 408 g/mol. The first-order valence-electron chi connectivity index (χ1n) is 11.6. The Balaban J connectivity index is 1.12. The summed E-state index contributed by atoms with van der Waals surface area (Å²) in [5.74, 6) is 1.76. The second-order valence-electron chi connectivity index (χ2n) is 9.39. The number of piperazine rings is 1. The predicted molar refractivity (Wildman–Crippen MR) is 116 cm³/mol. The van der Waals surface area contributed by atoms with Crippen LogP contribution < -0.4 is 4.90 Å². The first-order valence-corrected chi connectivity index (χ1v) is 11.6. The molecule has 1 aromatic heterocycles. The zero-order chi connectivity index (χ0) is 20.6. The number of carbonyl (C=O) groups is 2. The third-order valence-electron chi connectivity index (χ3n) is 7.66. The van der Waals surface area contributed by atoms with Crippen LogP contribution in [-0.4, -0.2) is 65.9 Å². The average Bonchev–Trinajstić information content (AvgIpc) is 3.53. The predicted octanol–water partition coefficient (Wildman–Crippen LogP) is 2.86. The number of allylic oxidation sites excluding steroid dienone is 1. The summed E-state index contributed by atoms with van der Waals surface area (Å²) < 4.78 is 0. The van der Waals surface area contributed by atoms with Gasteiger partial charge in [-0.2, -0.15) is 0 Å². The van der Waals surface area contributed by atoms with Crippen LogP contribution in [0.1, 0.15) is 44.9 Å². The lowest BCUT2D eigenvalue weighted by Gasteiger charge is -2.37. The zero-order valence-electron chi connectivity index (χ0n) is 17.8. The third kappa shape index (κ3) is 3.72. The summed E-state index contributed by atoms with van der Waals surface area (Å²) in [6, 6.07) is 5.97. The number of aromatic nitrogens is 1. The van der Waals surface area contributed by atoms with Crippen LogP contribution in [0.25, 0.3) is 0 Å². The van der Waals surface area contributed by atoms with Crippen molar-refractivity contribution in [3.8, 4) is 0 Å². The molecule has 0 unspecified atom stereocenters. The van der Waals surface area contributed by atoms with Gasteiger partial charge in [-0.25, -0.2) is 4.98 Å². The molecule has 1 atom stereocenters. The van der Waals surface area contributed by atoms with Gasteiger partial charge < -0.3 is 14.7 Å². The summed E-state index contributed by atoms with van der Waals surface area (Å²) in [6.07, 6.45) is 11.3. The summed E-state index contributed by atoms with van der Waals surface area (Å²) in [5.41, 5.74) is 1.18. The quantitative estimate of drug-likeness (QED) is 0.772. The van der Waals surface area contributed by atoms with Gasteiger partial charge in [0.1, 0.15) is 5.82 Å². The van der Waals surface area contributed by atoms with Crippen molar-refractivity contribution in [3.05, 3.63) is 36.0 Å². The molecule has 1 aromatic rings. The van der Waals surface area contributed by atoms with E-state index < -0.39 is 0 Å². The fraction of sp³-hybridized carbons (Fsp3) is 0.625. The minimum absolute atomic E-state index is 0.160. The Morgan fingerprint density at radius 1 is 0.967 bits per heavy atom. The highest BCUT2D eigenvalue weighted by atomic mass is 16.2. The Labute approximate surface area is 178 Å². The Kier molecular flexibility index (Phi) is 5.25. The maximum absolute atomic E-state index is 13.1. The number of amides is 2. The number of hydrogen-bond acceptors (Lipinski definition) is 4. The van der Waals surface area contributed by atoms with Crippen molar-refractivity contribution in [3.63, 3.8) is 0 Å². The van der Waals surface area contributed by atoms with Gasteiger partial charge in [-0.05, 0) is 62.5 Å². The molecule has 2 saturated heterocycles. The number of carbonyl (C=O) groups excluding carboxylic acids is 2. The van der Waals surface area contributed by atoms with Gasteiger partial charge in [-0.15, -0.1) is 0 Å². The van der Waals surface area contributed by atoms with Crippen molar-refractivity contribution in [1.29, 1.82) is 0 Å². The van der Waals surface area contributed by atoms with E-state index in [-0.39, 0.29) is 17.2 Å². The van der Waals surface area contributed by atoms with Crippen LogP contribution in [0, 0.1) is 11.3 Å². The van der Waals surface area contributed by atoms with E-state index in [9.17, 15) is 9.59 Å². The highest BCUT2D eigenvalue weighted by Gasteiger charge is 2.59. The van der Waals surface area contributed by atoms with Crippen molar-refractivity contribution in [2.45, 2.75) is 44.9 Å². The second kappa shape index (κ2) is 8.05. The largest absolute Gasteiger partial charge is 0.353 e. The molecule has 3 heterocycles. The van der Waals surface area contributed by atoms with Crippen molar-refractivity contribution in [2.75, 3.05) is 44.2 Å². The third-order valence-corrected chi connectivity index (χ3v) is 7.66. The van der Waals surface area contributed by atoms with Crippen LogP contribution in [0.15, 0.2) is 36.0 Å². The molecule has 0 aromatic carbocycles. The zero-order valence-corrected chi connectivity index (χ0v) is 17.8. The van der Waals surface area contributed by atoms with Crippen molar-refractivity contribution in [1.82, 2.24) is 14.8 Å². The minimum Gasteiger partial charge on any atom is -0.353 e. The van der Waals surface area contributed by atoms with Crippen LogP contribution in [-0.2, 0) is 9.59 Å². The molecule has 5 rings (SSSR count). The van der Waals surface area contributed by atoms with E-state index in [2.05, 4.69) is 20.9 Å². The molecule has 6 nitrogen and oxygen atoms in total. The van der Waals surface area contributed by atoms with E-state index in [4.69, 9.17) is 0 Å². The number of pyridine rings is 1. The van der Waals surface area contributed by atoms with Gasteiger partial charge in [0, 0.05) is 57.0 Å². The highest BCUT2D eigenvalue weighted by Crippen LogP contribution is 2.60. The Bertz CT molecular complexity index is 821. The number of nitrogens with zero attached hydrogens (tertiary/aromatic N) is 4. The molecule has 0 bridgehead atoms. The van der Waals surface area contributed by atoms with Gasteiger partial charge in [-0.3, -0.25) is 9.59 Å². The molecule has 0 radical (unpaired) electrons. The molecular weight excluding hydrogens is 376 g/mol. The first kappa shape index (κ1) is 19.6. The summed E-state index contributed by atoms with van der Waals surface area (Å²) in [4.78, 5) is 36.7. The Morgan fingerprint density at radius 3 is 2.43 bits per heavy atom. The topological polar surface area (TPSA) is 56.8 Å². The van der Waals surface area contributed by atoms with Gasteiger partial charge in [-0.1, -0.05) is 12.1 Å². The summed E-state index contributed by atoms with van der Waals surface area (Å²) >= 11 is 0. The molecule has 1 saturated carbocycles. The van der Waals surface area contributed by atoms with Crippen molar-refractivity contribution < 1.29 is 9.59 Å². The van der Waals surface area contributed by atoms with E-state index in [1.165, 1.54) is 6.42 Å². The van der Waals surface area contributed by atoms with E-state index in [1.807, 2.05) is 29.3 Å². The van der Waals surface area contributed by atoms with E-state index in [0.29, 0.717) is 5.91 Å². The Morgan fingerprint density at radius 2 is 1.77 bits per heavy atom. The summed E-state index contributed by atoms with van der Waals surface area (Å²) in [5, 5.41) is 0. The second-order valence-corrected chi connectivity index (χ2v) is 9.39. The number of piperidine rings is 1. The molecule has 1 spiro atoms. The number of hydrogen-bond donors (Lipinski definition) is 0. The lowest BCUT2D eigenvalue weighted by atomic mass is 9.89. The molecule has 2 aliphatic carbocycles. The molecule has 160 valence electrons. The molecule has 6 heteroatoms. The maximum Gasteiger partial charge on any atom is 0.249 e. The van der Waals surface area contributed by atoms with Crippen molar-refractivity contribution >= 4 is 17.6 Å². The average molecular weight is 409 g/mol. The van der Waals surface area contributed by atoms with Gasteiger partial charge >= 0.3 is 0 Å². The first-order chi connectivity index (χ1) is 14.7. The minimum atomic E-state index is 0.160. The normalized spacial score (nSPS) is 25.8. The van der Waals surface area contributed by atoms with Gasteiger partial charge in [0.05, 0.1) is 0 Å². The summed E-state index contributed by atoms with van der Waals surface area (Å²) in [6.45, 7) is 4.88. The summed E-state index contributed by atoms with van der Waals surface area (Å²) in [7, 11) is 0. The van der Waals surface area contributed by atoms with Gasteiger partial charge in [0.25, 0.3) is 0 Å². The molecule has 30 heavy (non-hydrogen) atoms. The molecule has 4 aliphatic rings. The lowest BCUT2D eigenvalue weighted by Crippen LogP contribution is -2.50. The highest BCUT2D eigenvalue weighted by molar-refractivity contribution is 5.93. The SMILES string of the molecule is O=C(C1=CCCCC1)N1CCC2(CC1)C[C@@H]2C(=O)N1CCN(c2ccccn2)CC1. The number of anilines is 1. The smallest absolute Gasteiger partial charge is 0.249 e. The van der Waals surface area contributed by atoms with Crippen LogP contribution in [0.5, 0.6) is 0 Å². The molecular formula is C24H32N4O2.